The summed E-state index contributed by atoms with van der Waals surface area (Å²) in [6.45, 7) is 2.82. The van der Waals surface area contributed by atoms with Crippen molar-refractivity contribution < 1.29 is 14.6 Å². The van der Waals surface area contributed by atoms with E-state index in [1.807, 2.05) is 24.3 Å². The molecule has 0 saturated heterocycles. The van der Waals surface area contributed by atoms with E-state index in [0.717, 1.165) is 18.6 Å². The summed E-state index contributed by atoms with van der Waals surface area (Å²) in [6, 6.07) is 7.75. The van der Waals surface area contributed by atoms with E-state index in [2.05, 4.69) is 10.6 Å². The largest absolute Gasteiger partial charge is 0.497 e. The molecule has 1 aromatic carbocycles. The van der Waals surface area contributed by atoms with E-state index in [1.165, 1.54) is 5.56 Å². The summed E-state index contributed by atoms with van der Waals surface area (Å²) in [5.41, 5.74) is 1.22. The molecule has 5 nitrogen and oxygen atoms in total. The quantitative estimate of drug-likeness (QED) is 0.635. The van der Waals surface area contributed by atoms with Gasteiger partial charge < -0.3 is 20.5 Å². The van der Waals surface area contributed by atoms with Crippen molar-refractivity contribution in [2.45, 2.75) is 32.3 Å². The Balaban J connectivity index is 2.10. The van der Waals surface area contributed by atoms with Gasteiger partial charge in [-0.05, 0) is 43.9 Å². The van der Waals surface area contributed by atoms with E-state index in [0.29, 0.717) is 19.5 Å². The van der Waals surface area contributed by atoms with Gasteiger partial charge in [-0.25, -0.2) is 4.79 Å². The Morgan fingerprint density at radius 3 is 2.50 bits per heavy atom. The number of aliphatic hydroxyl groups excluding tert-OH is 1. The van der Waals surface area contributed by atoms with Crippen molar-refractivity contribution in [3.8, 4) is 5.75 Å². The van der Waals surface area contributed by atoms with Gasteiger partial charge in [-0.2, -0.15) is 0 Å². The SMILES string of the molecule is COc1ccc(CCCNC(=O)NCCC(C)O)cc1. The van der Waals surface area contributed by atoms with Gasteiger partial charge in [0, 0.05) is 13.1 Å². The first-order chi connectivity index (χ1) is 9.61. The lowest BCUT2D eigenvalue weighted by Crippen LogP contribution is -2.37. The summed E-state index contributed by atoms with van der Waals surface area (Å²) < 4.78 is 5.10. The number of aryl methyl sites for hydroxylation is 1. The van der Waals surface area contributed by atoms with Gasteiger partial charge in [-0.1, -0.05) is 12.1 Å². The summed E-state index contributed by atoms with van der Waals surface area (Å²) in [5.74, 6) is 0.851. The number of methoxy groups -OCH3 is 1. The molecule has 3 N–H and O–H groups in total. The number of aliphatic hydroxyl groups is 1. The molecule has 0 aromatic heterocycles. The van der Waals surface area contributed by atoms with Crippen LogP contribution in [0.1, 0.15) is 25.3 Å². The standard InChI is InChI=1S/C15H24N2O3/c1-12(18)9-11-17-15(19)16-10-3-4-13-5-7-14(20-2)8-6-13/h5-8,12,18H,3-4,9-11H2,1-2H3,(H2,16,17,19). The molecule has 1 atom stereocenters. The van der Waals surface area contributed by atoms with Crippen LogP contribution in [0.25, 0.3) is 0 Å². The van der Waals surface area contributed by atoms with Crippen molar-refractivity contribution in [1.82, 2.24) is 10.6 Å². The van der Waals surface area contributed by atoms with Crippen LogP contribution in [0.3, 0.4) is 0 Å². The lowest BCUT2D eigenvalue weighted by molar-refractivity contribution is 0.183. The Kier molecular flexibility index (Phi) is 7.50. The van der Waals surface area contributed by atoms with Crippen molar-refractivity contribution in [1.29, 1.82) is 0 Å². The Hall–Kier alpha value is -1.75. The maximum Gasteiger partial charge on any atom is 0.314 e. The molecule has 0 spiro atoms. The zero-order valence-corrected chi connectivity index (χ0v) is 12.2. The highest BCUT2D eigenvalue weighted by Crippen LogP contribution is 2.12. The van der Waals surface area contributed by atoms with Gasteiger partial charge in [0.25, 0.3) is 0 Å². The van der Waals surface area contributed by atoms with Gasteiger partial charge in [0.2, 0.25) is 0 Å². The molecule has 0 aliphatic carbocycles. The summed E-state index contributed by atoms with van der Waals surface area (Å²) in [4.78, 5) is 11.4. The third-order valence-electron chi connectivity index (χ3n) is 2.93. The van der Waals surface area contributed by atoms with Crippen molar-refractivity contribution in [3.63, 3.8) is 0 Å². The van der Waals surface area contributed by atoms with Crippen LogP contribution in [0.5, 0.6) is 5.75 Å². The zero-order chi connectivity index (χ0) is 14.8. The van der Waals surface area contributed by atoms with Crippen molar-refractivity contribution in [2.75, 3.05) is 20.2 Å². The van der Waals surface area contributed by atoms with Crippen LogP contribution in [-0.4, -0.2) is 37.4 Å². The second kappa shape index (κ2) is 9.20. The zero-order valence-electron chi connectivity index (χ0n) is 12.2. The highest BCUT2D eigenvalue weighted by molar-refractivity contribution is 5.73. The predicted molar refractivity (Wildman–Crippen MR) is 79.0 cm³/mol. The average molecular weight is 280 g/mol. The van der Waals surface area contributed by atoms with Gasteiger partial charge in [-0.3, -0.25) is 0 Å². The first-order valence-corrected chi connectivity index (χ1v) is 6.94. The van der Waals surface area contributed by atoms with E-state index in [-0.39, 0.29) is 12.1 Å². The van der Waals surface area contributed by atoms with Gasteiger partial charge >= 0.3 is 6.03 Å². The minimum Gasteiger partial charge on any atom is -0.497 e. The Morgan fingerprint density at radius 2 is 1.90 bits per heavy atom. The maximum absolute atomic E-state index is 11.4. The van der Waals surface area contributed by atoms with E-state index in [4.69, 9.17) is 9.84 Å². The maximum atomic E-state index is 11.4. The fourth-order valence-electron chi connectivity index (χ4n) is 1.74. The fourth-order valence-corrected chi connectivity index (χ4v) is 1.74. The van der Waals surface area contributed by atoms with Crippen molar-refractivity contribution in [2.24, 2.45) is 0 Å². The third kappa shape index (κ3) is 6.99. The van der Waals surface area contributed by atoms with Gasteiger partial charge in [0.15, 0.2) is 0 Å². The molecular formula is C15H24N2O3. The first-order valence-electron chi connectivity index (χ1n) is 6.94. The van der Waals surface area contributed by atoms with E-state index in [9.17, 15) is 4.79 Å². The highest BCUT2D eigenvalue weighted by Gasteiger charge is 2.01. The molecule has 1 unspecified atom stereocenters. The van der Waals surface area contributed by atoms with Gasteiger partial charge in [0.1, 0.15) is 5.75 Å². The third-order valence-corrected chi connectivity index (χ3v) is 2.93. The summed E-state index contributed by atoms with van der Waals surface area (Å²) in [7, 11) is 1.65. The number of nitrogens with one attached hydrogen (secondary N) is 2. The summed E-state index contributed by atoms with van der Waals surface area (Å²) in [6.07, 6.45) is 1.98. The smallest absolute Gasteiger partial charge is 0.314 e. The fraction of sp³-hybridized carbons (Fsp3) is 0.533. The van der Waals surface area contributed by atoms with Crippen LogP contribution < -0.4 is 15.4 Å². The van der Waals surface area contributed by atoms with Crippen molar-refractivity contribution >= 4 is 6.03 Å². The minimum atomic E-state index is -0.384. The molecule has 0 aliphatic rings. The second-order valence-electron chi connectivity index (χ2n) is 4.77. The van der Waals surface area contributed by atoms with Crippen LogP contribution in [-0.2, 0) is 6.42 Å². The van der Waals surface area contributed by atoms with E-state index in [1.54, 1.807) is 14.0 Å². The normalized spacial score (nSPS) is 11.8. The van der Waals surface area contributed by atoms with Crippen LogP contribution in [0, 0.1) is 0 Å². The second-order valence-corrected chi connectivity index (χ2v) is 4.77. The number of hydrogen-bond acceptors (Lipinski definition) is 3. The number of carbonyl (C=O) groups excluding carboxylic acids is 1. The Bertz CT molecular complexity index is 391. The van der Waals surface area contributed by atoms with Crippen LogP contribution in [0.4, 0.5) is 4.79 Å². The lowest BCUT2D eigenvalue weighted by Gasteiger charge is -2.08. The molecule has 0 fully saturated rings. The van der Waals surface area contributed by atoms with E-state index >= 15 is 0 Å². The molecule has 2 amide bonds. The van der Waals surface area contributed by atoms with Crippen LogP contribution in [0.15, 0.2) is 24.3 Å². The summed E-state index contributed by atoms with van der Waals surface area (Å²) >= 11 is 0. The molecule has 1 rings (SSSR count). The highest BCUT2D eigenvalue weighted by atomic mass is 16.5. The molecule has 0 bridgehead atoms. The molecule has 0 radical (unpaired) electrons. The number of ether oxygens (including phenoxy) is 1. The predicted octanol–water partition coefficient (Wildman–Crippen LogP) is 1.70. The number of benzene rings is 1. The Labute approximate surface area is 120 Å². The topological polar surface area (TPSA) is 70.6 Å². The molecule has 0 heterocycles. The molecule has 112 valence electrons. The van der Waals surface area contributed by atoms with E-state index < -0.39 is 0 Å². The number of carbonyl (C=O) groups is 1. The first kappa shape index (κ1) is 16.3. The molecule has 20 heavy (non-hydrogen) atoms. The minimum absolute atomic E-state index is 0.180. The van der Waals surface area contributed by atoms with Crippen LogP contribution in [0.2, 0.25) is 0 Å². The average Bonchev–Trinajstić information content (AvgIpc) is 2.44. The number of amides is 2. The number of rotatable bonds is 8. The monoisotopic (exact) mass is 280 g/mol. The van der Waals surface area contributed by atoms with Gasteiger partial charge in [-0.15, -0.1) is 0 Å². The molecular weight excluding hydrogens is 256 g/mol. The number of hydrogen-bond donors (Lipinski definition) is 3. The molecule has 0 aliphatic heterocycles. The molecule has 0 saturated carbocycles. The molecule has 1 aromatic rings. The Morgan fingerprint density at radius 1 is 1.25 bits per heavy atom. The van der Waals surface area contributed by atoms with Crippen molar-refractivity contribution in [3.05, 3.63) is 29.8 Å². The molecule has 5 heteroatoms. The number of urea groups is 1. The van der Waals surface area contributed by atoms with Crippen LogP contribution >= 0.6 is 0 Å². The van der Waals surface area contributed by atoms with Gasteiger partial charge in [0.05, 0.1) is 13.2 Å². The lowest BCUT2D eigenvalue weighted by atomic mass is 10.1. The summed E-state index contributed by atoms with van der Waals surface area (Å²) in [5, 5.41) is 14.6.